The Hall–Kier alpha value is -2.46. The van der Waals surface area contributed by atoms with Crippen LogP contribution in [0, 0.1) is 11.3 Å². The van der Waals surface area contributed by atoms with E-state index in [1.807, 2.05) is 0 Å². The highest BCUT2D eigenvalue weighted by molar-refractivity contribution is 5.55. The van der Waals surface area contributed by atoms with Gasteiger partial charge >= 0.3 is 0 Å². The zero-order chi connectivity index (χ0) is 13.2. The lowest BCUT2D eigenvalue weighted by molar-refractivity contribution is 0.108. The predicted octanol–water partition coefficient (Wildman–Crippen LogP) is 0.968. The van der Waals surface area contributed by atoms with Crippen LogP contribution < -0.4 is 5.73 Å². The first-order chi connectivity index (χ1) is 9.31. The monoisotopic (exact) mass is 256 g/mol. The number of rotatable bonds is 2. The molecule has 0 aliphatic carbocycles. The summed E-state index contributed by atoms with van der Waals surface area (Å²) in [6.45, 7) is 0.688. The van der Waals surface area contributed by atoms with Gasteiger partial charge in [0.05, 0.1) is 6.20 Å². The highest BCUT2D eigenvalue weighted by atomic mass is 16.5. The van der Waals surface area contributed by atoms with Gasteiger partial charge in [-0.15, -0.1) is 0 Å². The van der Waals surface area contributed by atoms with E-state index in [-0.39, 0.29) is 11.9 Å². The van der Waals surface area contributed by atoms with E-state index in [2.05, 4.69) is 21.1 Å². The SMILES string of the molecule is N#Cc1c(C2CCCO2)nn(-c2cnccn2)c1N. The highest BCUT2D eigenvalue weighted by Crippen LogP contribution is 2.32. The third-order valence-corrected chi connectivity index (χ3v) is 3.06. The van der Waals surface area contributed by atoms with Gasteiger partial charge in [0.1, 0.15) is 29.2 Å². The lowest BCUT2D eigenvalue weighted by Gasteiger charge is -2.05. The summed E-state index contributed by atoms with van der Waals surface area (Å²) in [7, 11) is 0. The molecule has 0 radical (unpaired) electrons. The van der Waals surface area contributed by atoms with Crippen molar-refractivity contribution in [3.8, 4) is 11.9 Å². The number of hydrogen-bond acceptors (Lipinski definition) is 6. The maximum Gasteiger partial charge on any atom is 0.174 e. The van der Waals surface area contributed by atoms with E-state index in [0.717, 1.165) is 12.8 Å². The Morgan fingerprint density at radius 3 is 3.00 bits per heavy atom. The van der Waals surface area contributed by atoms with Crippen LogP contribution in [0.4, 0.5) is 5.82 Å². The van der Waals surface area contributed by atoms with Gasteiger partial charge < -0.3 is 10.5 Å². The van der Waals surface area contributed by atoms with Gasteiger partial charge in [0.25, 0.3) is 0 Å². The minimum Gasteiger partial charge on any atom is -0.382 e. The van der Waals surface area contributed by atoms with Gasteiger partial charge in [-0.25, -0.2) is 4.98 Å². The number of aromatic nitrogens is 4. The fourth-order valence-electron chi connectivity index (χ4n) is 2.16. The van der Waals surface area contributed by atoms with Gasteiger partial charge in [-0.05, 0) is 12.8 Å². The summed E-state index contributed by atoms with van der Waals surface area (Å²) in [5, 5.41) is 13.6. The van der Waals surface area contributed by atoms with Crippen LogP contribution in [0.2, 0.25) is 0 Å². The third kappa shape index (κ3) is 1.92. The van der Waals surface area contributed by atoms with Crippen LogP contribution in [0.15, 0.2) is 18.6 Å². The lowest BCUT2D eigenvalue weighted by Crippen LogP contribution is -2.05. The van der Waals surface area contributed by atoms with Gasteiger partial charge in [-0.3, -0.25) is 4.98 Å². The molecular formula is C12H12N6O. The summed E-state index contributed by atoms with van der Waals surface area (Å²) in [5.41, 5.74) is 6.91. The molecule has 0 amide bonds. The van der Waals surface area contributed by atoms with Crippen LogP contribution in [0.3, 0.4) is 0 Å². The molecule has 1 unspecified atom stereocenters. The number of nitrogens with two attached hydrogens (primary N) is 1. The summed E-state index contributed by atoms with van der Waals surface area (Å²) in [6.07, 6.45) is 6.32. The van der Waals surface area contributed by atoms with Crippen LogP contribution in [-0.2, 0) is 4.74 Å². The third-order valence-electron chi connectivity index (χ3n) is 3.06. The van der Waals surface area contributed by atoms with Crippen LogP contribution >= 0.6 is 0 Å². The molecule has 2 aromatic rings. The fraction of sp³-hybridized carbons (Fsp3) is 0.333. The maximum atomic E-state index is 9.24. The van der Waals surface area contributed by atoms with Gasteiger partial charge in [0, 0.05) is 19.0 Å². The van der Waals surface area contributed by atoms with Crippen molar-refractivity contribution in [2.45, 2.75) is 18.9 Å². The van der Waals surface area contributed by atoms with Gasteiger partial charge in [-0.1, -0.05) is 0 Å². The van der Waals surface area contributed by atoms with Crippen molar-refractivity contribution >= 4 is 5.82 Å². The first kappa shape index (κ1) is 11.6. The van der Waals surface area contributed by atoms with Gasteiger partial charge in [-0.2, -0.15) is 15.0 Å². The number of nitrogen functional groups attached to an aromatic ring is 1. The second-order valence-electron chi connectivity index (χ2n) is 4.23. The smallest absolute Gasteiger partial charge is 0.174 e. The fourth-order valence-corrected chi connectivity index (χ4v) is 2.16. The van der Waals surface area contributed by atoms with Crippen LogP contribution in [0.5, 0.6) is 0 Å². The number of nitrogens with zero attached hydrogens (tertiary/aromatic N) is 5. The van der Waals surface area contributed by atoms with Crippen molar-refractivity contribution in [3.05, 3.63) is 29.8 Å². The van der Waals surface area contributed by atoms with E-state index in [4.69, 9.17) is 10.5 Å². The Morgan fingerprint density at radius 1 is 1.47 bits per heavy atom. The van der Waals surface area contributed by atoms with Crippen molar-refractivity contribution < 1.29 is 4.74 Å². The zero-order valence-electron chi connectivity index (χ0n) is 10.2. The molecule has 19 heavy (non-hydrogen) atoms. The molecule has 1 aliphatic rings. The molecule has 2 aromatic heterocycles. The molecule has 3 heterocycles. The first-order valence-electron chi connectivity index (χ1n) is 5.97. The molecule has 1 aliphatic heterocycles. The predicted molar refractivity (Wildman–Crippen MR) is 66.2 cm³/mol. The molecule has 2 N–H and O–H groups in total. The molecule has 96 valence electrons. The van der Waals surface area contributed by atoms with Crippen molar-refractivity contribution in [3.63, 3.8) is 0 Å². The zero-order valence-corrected chi connectivity index (χ0v) is 10.2. The van der Waals surface area contributed by atoms with Crippen molar-refractivity contribution in [1.29, 1.82) is 5.26 Å². The normalized spacial score (nSPS) is 18.4. The van der Waals surface area contributed by atoms with Crippen LogP contribution in [0.25, 0.3) is 5.82 Å². The average Bonchev–Trinajstić information content (AvgIpc) is 3.07. The topological polar surface area (TPSA) is 103 Å². The Morgan fingerprint density at radius 2 is 2.37 bits per heavy atom. The number of ether oxygens (including phenoxy) is 1. The van der Waals surface area contributed by atoms with Crippen molar-refractivity contribution in [1.82, 2.24) is 19.7 Å². The number of anilines is 1. The number of hydrogen-bond donors (Lipinski definition) is 1. The van der Waals surface area contributed by atoms with Crippen molar-refractivity contribution in [2.24, 2.45) is 0 Å². The molecule has 1 fully saturated rings. The van der Waals surface area contributed by atoms with E-state index in [9.17, 15) is 5.26 Å². The maximum absolute atomic E-state index is 9.24. The second-order valence-corrected chi connectivity index (χ2v) is 4.23. The summed E-state index contributed by atoms with van der Waals surface area (Å²) in [4.78, 5) is 8.10. The first-order valence-corrected chi connectivity index (χ1v) is 5.97. The molecular weight excluding hydrogens is 244 g/mol. The largest absolute Gasteiger partial charge is 0.382 e. The van der Waals surface area contributed by atoms with Crippen LogP contribution in [-0.4, -0.2) is 26.4 Å². The molecule has 1 saturated heterocycles. The highest BCUT2D eigenvalue weighted by Gasteiger charge is 2.27. The lowest BCUT2D eigenvalue weighted by atomic mass is 10.1. The van der Waals surface area contributed by atoms with E-state index >= 15 is 0 Å². The molecule has 3 rings (SSSR count). The van der Waals surface area contributed by atoms with E-state index in [1.54, 1.807) is 18.6 Å². The van der Waals surface area contributed by atoms with Crippen LogP contribution in [0.1, 0.15) is 30.2 Å². The summed E-state index contributed by atoms with van der Waals surface area (Å²) >= 11 is 0. The number of nitriles is 1. The van der Waals surface area contributed by atoms with Crippen molar-refractivity contribution in [2.75, 3.05) is 12.3 Å². The Kier molecular flexibility index (Phi) is 2.85. The standard InChI is InChI=1S/C12H12N6O/c13-6-8-11(9-2-1-5-19-9)17-18(12(8)14)10-7-15-3-4-16-10/h3-4,7,9H,1-2,5,14H2. The molecule has 7 nitrogen and oxygen atoms in total. The molecule has 0 bridgehead atoms. The van der Waals surface area contributed by atoms with E-state index in [0.29, 0.717) is 23.7 Å². The summed E-state index contributed by atoms with van der Waals surface area (Å²) in [6, 6.07) is 2.09. The molecule has 0 aromatic carbocycles. The minimum absolute atomic E-state index is 0.158. The average molecular weight is 256 g/mol. The summed E-state index contributed by atoms with van der Waals surface area (Å²) in [5.74, 6) is 0.759. The molecule has 1 atom stereocenters. The second kappa shape index (κ2) is 4.66. The Labute approximate surface area is 109 Å². The molecule has 0 spiro atoms. The Balaban J connectivity index is 2.10. The van der Waals surface area contributed by atoms with Gasteiger partial charge in [0.15, 0.2) is 5.82 Å². The minimum atomic E-state index is -0.158. The Bertz CT molecular complexity index is 624. The van der Waals surface area contributed by atoms with E-state index < -0.39 is 0 Å². The van der Waals surface area contributed by atoms with E-state index in [1.165, 1.54) is 4.68 Å². The van der Waals surface area contributed by atoms with Gasteiger partial charge in [0.2, 0.25) is 0 Å². The summed E-state index contributed by atoms with van der Waals surface area (Å²) < 4.78 is 7.00. The quantitative estimate of drug-likeness (QED) is 0.858. The molecule has 7 heteroatoms. The molecule has 0 saturated carbocycles.